The second-order valence-electron chi connectivity index (χ2n) is 11.9. The quantitative estimate of drug-likeness (QED) is 0.0947. The SMILES string of the molecule is CCCCCCCCCCCCCCCCOC(=O)[C@@]1(C)CCc2c(C)c(OC(=O)CCC(=O)O)c(C)c(C)c2O1. The van der Waals surface area contributed by atoms with Gasteiger partial charge in [-0.1, -0.05) is 90.4 Å². The lowest BCUT2D eigenvalue weighted by Crippen LogP contribution is -2.46. The number of benzene rings is 1. The Labute approximate surface area is 247 Å². The molecule has 0 fully saturated rings. The fourth-order valence-electron chi connectivity index (χ4n) is 5.52. The van der Waals surface area contributed by atoms with E-state index in [2.05, 4.69) is 6.92 Å². The van der Waals surface area contributed by atoms with E-state index in [4.69, 9.17) is 19.3 Å². The van der Waals surface area contributed by atoms with Gasteiger partial charge in [0.2, 0.25) is 5.60 Å². The van der Waals surface area contributed by atoms with Gasteiger partial charge in [0.1, 0.15) is 11.5 Å². The summed E-state index contributed by atoms with van der Waals surface area (Å²) in [6.07, 6.45) is 18.5. The Kier molecular flexibility index (Phi) is 15.3. The molecule has 232 valence electrons. The molecule has 0 aliphatic carbocycles. The molecular weight excluding hydrogens is 520 g/mol. The minimum Gasteiger partial charge on any atom is -0.481 e. The molecule has 1 aliphatic rings. The second-order valence-corrected chi connectivity index (χ2v) is 11.9. The summed E-state index contributed by atoms with van der Waals surface area (Å²) >= 11 is 0. The largest absolute Gasteiger partial charge is 0.481 e. The van der Waals surface area contributed by atoms with E-state index >= 15 is 0 Å². The topological polar surface area (TPSA) is 99.1 Å². The highest BCUT2D eigenvalue weighted by Crippen LogP contribution is 2.44. The van der Waals surface area contributed by atoms with Crippen LogP contribution in [0.2, 0.25) is 0 Å². The van der Waals surface area contributed by atoms with Gasteiger partial charge in [0.05, 0.1) is 19.4 Å². The van der Waals surface area contributed by atoms with E-state index in [-0.39, 0.29) is 18.8 Å². The second kappa shape index (κ2) is 18.1. The molecule has 0 saturated heterocycles. The van der Waals surface area contributed by atoms with E-state index in [1.807, 2.05) is 20.8 Å². The van der Waals surface area contributed by atoms with Crippen molar-refractivity contribution in [1.82, 2.24) is 0 Å². The summed E-state index contributed by atoms with van der Waals surface area (Å²) in [5.41, 5.74) is 2.17. The first-order valence-electron chi connectivity index (χ1n) is 16.0. The first kappa shape index (κ1) is 34.6. The number of fused-ring (bicyclic) bond motifs is 1. The lowest BCUT2D eigenvalue weighted by molar-refractivity contribution is -0.162. The van der Waals surface area contributed by atoms with Crippen molar-refractivity contribution >= 4 is 17.9 Å². The number of ether oxygens (including phenoxy) is 3. The molecule has 2 rings (SSSR count). The maximum absolute atomic E-state index is 13.0. The van der Waals surface area contributed by atoms with Gasteiger partial charge in [-0.15, -0.1) is 0 Å². The van der Waals surface area contributed by atoms with Gasteiger partial charge < -0.3 is 19.3 Å². The Balaban J connectivity index is 1.72. The van der Waals surface area contributed by atoms with Crippen molar-refractivity contribution in [1.29, 1.82) is 0 Å². The zero-order valence-electron chi connectivity index (χ0n) is 26.3. The van der Waals surface area contributed by atoms with Gasteiger partial charge in [0.15, 0.2) is 0 Å². The number of carboxylic acids is 1. The molecule has 0 amide bonds. The summed E-state index contributed by atoms with van der Waals surface area (Å²) in [5, 5.41) is 8.84. The normalized spacial score (nSPS) is 16.1. The Morgan fingerprint density at radius 3 is 1.85 bits per heavy atom. The molecule has 0 spiro atoms. The van der Waals surface area contributed by atoms with Gasteiger partial charge in [-0.25, -0.2) is 4.79 Å². The van der Waals surface area contributed by atoms with Crippen LogP contribution < -0.4 is 9.47 Å². The van der Waals surface area contributed by atoms with Gasteiger partial charge in [0, 0.05) is 12.0 Å². The van der Waals surface area contributed by atoms with E-state index < -0.39 is 17.5 Å². The van der Waals surface area contributed by atoms with E-state index in [9.17, 15) is 14.4 Å². The zero-order chi connectivity index (χ0) is 30.3. The summed E-state index contributed by atoms with van der Waals surface area (Å²) in [6.45, 7) is 10.0. The molecule has 1 heterocycles. The summed E-state index contributed by atoms with van der Waals surface area (Å²) in [6, 6.07) is 0. The molecule has 0 unspecified atom stereocenters. The van der Waals surface area contributed by atoms with Crippen LogP contribution in [0.3, 0.4) is 0 Å². The zero-order valence-corrected chi connectivity index (χ0v) is 26.3. The van der Waals surface area contributed by atoms with Gasteiger partial charge >= 0.3 is 17.9 Å². The average molecular weight is 575 g/mol. The molecular formula is C34H54O7. The Hall–Kier alpha value is -2.57. The van der Waals surface area contributed by atoms with Crippen LogP contribution in [0.5, 0.6) is 11.5 Å². The third-order valence-electron chi connectivity index (χ3n) is 8.41. The average Bonchev–Trinajstić information content (AvgIpc) is 2.94. The van der Waals surface area contributed by atoms with Crippen molar-refractivity contribution in [2.24, 2.45) is 0 Å². The number of carboxylic acid groups (broad SMARTS) is 1. The molecule has 0 bridgehead atoms. The first-order chi connectivity index (χ1) is 19.6. The third kappa shape index (κ3) is 11.3. The fraction of sp³-hybridized carbons (Fsp3) is 0.735. The van der Waals surface area contributed by atoms with Crippen molar-refractivity contribution in [2.75, 3.05) is 6.61 Å². The van der Waals surface area contributed by atoms with Crippen LogP contribution in [0.1, 0.15) is 145 Å². The minimum atomic E-state index is -1.06. The lowest BCUT2D eigenvalue weighted by atomic mass is 9.87. The van der Waals surface area contributed by atoms with Gasteiger partial charge in [0.25, 0.3) is 0 Å². The number of esters is 2. The Bertz CT molecular complexity index is 1000. The van der Waals surface area contributed by atoms with Crippen molar-refractivity contribution in [3.05, 3.63) is 22.3 Å². The molecule has 1 aliphatic heterocycles. The van der Waals surface area contributed by atoms with Gasteiger partial charge in [-0.3, -0.25) is 9.59 Å². The molecule has 1 aromatic rings. The number of unbranched alkanes of at least 4 members (excludes halogenated alkanes) is 13. The smallest absolute Gasteiger partial charge is 0.350 e. The maximum atomic E-state index is 13.0. The number of hydrogen-bond acceptors (Lipinski definition) is 6. The predicted octanol–water partition coefficient (Wildman–Crippen LogP) is 8.49. The van der Waals surface area contributed by atoms with Crippen LogP contribution in [0.4, 0.5) is 0 Å². The van der Waals surface area contributed by atoms with Crippen LogP contribution in [0.25, 0.3) is 0 Å². The maximum Gasteiger partial charge on any atom is 0.350 e. The summed E-state index contributed by atoms with van der Waals surface area (Å²) in [4.78, 5) is 36.0. The van der Waals surface area contributed by atoms with E-state index in [0.717, 1.165) is 35.1 Å². The van der Waals surface area contributed by atoms with Gasteiger partial charge in [-0.2, -0.15) is 0 Å². The van der Waals surface area contributed by atoms with Crippen LogP contribution in [0, 0.1) is 20.8 Å². The highest BCUT2D eigenvalue weighted by Gasteiger charge is 2.42. The molecule has 7 heteroatoms. The Morgan fingerprint density at radius 1 is 0.780 bits per heavy atom. The highest BCUT2D eigenvalue weighted by atomic mass is 16.6. The molecule has 1 atom stereocenters. The van der Waals surface area contributed by atoms with E-state index in [1.165, 1.54) is 77.0 Å². The molecule has 1 aromatic carbocycles. The predicted molar refractivity (Wildman–Crippen MR) is 162 cm³/mol. The summed E-state index contributed by atoms with van der Waals surface area (Å²) in [5.74, 6) is -0.860. The monoisotopic (exact) mass is 574 g/mol. The van der Waals surface area contributed by atoms with Crippen molar-refractivity contribution in [3.8, 4) is 11.5 Å². The Morgan fingerprint density at radius 2 is 1.32 bits per heavy atom. The van der Waals surface area contributed by atoms with Gasteiger partial charge in [-0.05, 0) is 57.2 Å². The van der Waals surface area contributed by atoms with E-state index in [0.29, 0.717) is 30.9 Å². The summed E-state index contributed by atoms with van der Waals surface area (Å²) in [7, 11) is 0. The highest BCUT2D eigenvalue weighted by molar-refractivity contribution is 5.81. The van der Waals surface area contributed by atoms with Crippen molar-refractivity contribution in [2.45, 2.75) is 156 Å². The molecule has 7 nitrogen and oxygen atoms in total. The number of carbonyl (C=O) groups excluding carboxylic acids is 2. The molecule has 41 heavy (non-hydrogen) atoms. The first-order valence-corrected chi connectivity index (χ1v) is 16.0. The standard InChI is InChI=1S/C34H54O7/c1-6-7-8-9-10-11-12-13-14-15-16-17-18-19-24-39-33(38)34(5)23-22-28-27(4)31(25(2)26(3)32(28)41-34)40-30(37)21-20-29(35)36/h6-24H2,1-5H3,(H,35,36)/t34-/m1/s1. The molecule has 1 N–H and O–H groups in total. The van der Waals surface area contributed by atoms with Crippen LogP contribution in [-0.2, 0) is 25.5 Å². The third-order valence-corrected chi connectivity index (χ3v) is 8.41. The number of hydrogen-bond donors (Lipinski definition) is 1. The summed E-state index contributed by atoms with van der Waals surface area (Å²) < 4.78 is 17.5. The fourth-order valence-corrected chi connectivity index (χ4v) is 5.52. The number of aliphatic carboxylic acids is 1. The van der Waals surface area contributed by atoms with Crippen LogP contribution in [0.15, 0.2) is 0 Å². The molecule has 0 saturated carbocycles. The number of rotatable bonds is 20. The van der Waals surface area contributed by atoms with E-state index in [1.54, 1.807) is 6.92 Å². The lowest BCUT2D eigenvalue weighted by Gasteiger charge is -2.36. The van der Waals surface area contributed by atoms with Crippen molar-refractivity contribution < 1.29 is 33.7 Å². The number of carbonyl (C=O) groups is 3. The van der Waals surface area contributed by atoms with Crippen molar-refractivity contribution in [3.63, 3.8) is 0 Å². The van der Waals surface area contributed by atoms with Crippen LogP contribution in [-0.4, -0.2) is 35.2 Å². The van der Waals surface area contributed by atoms with Crippen LogP contribution >= 0.6 is 0 Å². The molecule has 0 radical (unpaired) electrons. The molecule has 0 aromatic heterocycles. The minimum absolute atomic E-state index is 0.190.